The number of benzene rings is 1. The van der Waals surface area contributed by atoms with Crippen molar-refractivity contribution >= 4 is 31.6 Å². The lowest BCUT2D eigenvalue weighted by Crippen LogP contribution is -2.24. The van der Waals surface area contributed by atoms with Crippen molar-refractivity contribution in [1.82, 2.24) is 9.71 Å². The van der Waals surface area contributed by atoms with Crippen LogP contribution in [0.5, 0.6) is 0 Å². The molecular formula is C11H10BrN3O5S. The molecule has 0 aliphatic rings. The highest BCUT2D eigenvalue weighted by Gasteiger charge is 2.26. The van der Waals surface area contributed by atoms with Crippen molar-refractivity contribution in [2.45, 2.75) is 18.4 Å². The summed E-state index contributed by atoms with van der Waals surface area (Å²) < 4.78 is 32.1. The third-order valence-electron chi connectivity index (χ3n) is 2.49. The molecule has 0 amide bonds. The number of aryl methyl sites for hydroxylation is 1. The number of nitrogens with one attached hydrogen (secondary N) is 1. The SMILES string of the molecule is Cc1cnc(CNS(=O)(=O)c2cc(Br)ccc2[N+](=O)[O-])o1. The zero-order chi connectivity index (χ0) is 15.6. The van der Waals surface area contributed by atoms with Gasteiger partial charge in [-0.3, -0.25) is 10.1 Å². The molecule has 1 N–H and O–H groups in total. The van der Waals surface area contributed by atoms with Gasteiger partial charge in [-0.15, -0.1) is 0 Å². The Balaban J connectivity index is 2.31. The Morgan fingerprint density at radius 1 is 1.48 bits per heavy atom. The Kier molecular flexibility index (Phi) is 4.40. The van der Waals surface area contributed by atoms with E-state index in [1.54, 1.807) is 6.92 Å². The minimum Gasteiger partial charge on any atom is -0.445 e. The molecule has 1 heterocycles. The number of nitro groups is 1. The van der Waals surface area contributed by atoms with E-state index in [1.807, 2.05) is 0 Å². The summed E-state index contributed by atoms with van der Waals surface area (Å²) in [7, 11) is -4.07. The molecule has 2 rings (SSSR count). The van der Waals surface area contributed by atoms with Crippen LogP contribution in [-0.4, -0.2) is 18.3 Å². The standard InChI is InChI=1S/C11H10BrN3O5S/c1-7-5-13-11(20-7)6-14-21(18,19)10-4-8(12)2-3-9(10)15(16)17/h2-5,14H,6H2,1H3. The van der Waals surface area contributed by atoms with Crippen molar-refractivity contribution < 1.29 is 17.8 Å². The van der Waals surface area contributed by atoms with Crippen LogP contribution in [0.15, 0.2) is 38.2 Å². The van der Waals surface area contributed by atoms with Gasteiger partial charge in [-0.2, -0.15) is 0 Å². The van der Waals surface area contributed by atoms with Gasteiger partial charge in [-0.25, -0.2) is 18.1 Å². The molecular weight excluding hydrogens is 366 g/mol. The Bertz CT molecular complexity index is 787. The largest absolute Gasteiger partial charge is 0.445 e. The number of hydrogen-bond donors (Lipinski definition) is 1. The molecule has 0 radical (unpaired) electrons. The lowest BCUT2D eigenvalue weighted by Gasteiger charge is -2.06. The van der Waals surface area contributed by atoms with E-state index < -0.39 is 25.5 Å². The van der Waals surface area contributed by atoms with Gasteiger partial charge in [0.05, 0.1) is 17.7 Å². The maximum atomic E-state index is 12.2. The average molecular weight is 376 g/mol. The summed E-state index contributed by atoms with van der Waals surface area (Å²) in [5.74, 6) is 0.714. The molecule has 2 aromatic rings. The molecule has 0 saturated carbocycles. The lowest BCUT2D eigenvalue weighted by molar-refractivity contribution is -0.387. The highest BCUT2D eigenvalue weighted by atomic mass is 79.9. The molecule has 0 atom stereocenters. The molecule has 112 valence electrons. The van der Waals surface area contributed by atoms with E-state index in [0.29, 0.717) is 10.2 Å². The van der Waals surface area contributed by atoms with E-state index in [0.717, 1.165) is 6.07 Å². The van der Waals surface area contributed by atoms with Crippen molar-refractivity contribution in [2.24, 2.45) is 0 Å². The number of halogens is 1. The van der Waals surface area contributed by atoms with Crippen molar-refractivity contribution in [3.63, 3.8) is 0 Å². The summed E-state index contributed by atoms with van der Waals surface area (Å²) in [5.41, 5.74) is -0.505. The minimum absolute atomic E-state index is 0.175. The molecule has 0 fully saturated rings. The van der Waals surface area contributed by atoms with E-state index in [1.165, 1.54) is 18.3 Å². The topological polar surface area (TPSA) is 115 Å². The second-order valence-electron chi connectivity index (χ2n) is 4.06. The van der Waals surface area contributed by atoms with Gasteiger partial charge in [-0.1, -0.05) is 15.9 Å². The first-order chi connectivity index (χ1) is 9.79. The lowest BCUT2D eigenvalue weighted by atomic mass is 10.3. The molecule has 21 heavy (non-hydrogen) atoms. The summed E-state index contributed by atoms with van der Waals surface area (Å²) in [5, 5.41) is 10.9. The van der Waals surface area contributed by atoms with Crippen LogP contribution in [0.3, 0.4) is 0 Å². The molecule has 0 spiro atoms. The summed E-state index contributed by atoms with van der Waals surface area (Å²) in [6.45, 7) is 1.48. The van der Waals surface area contributed by atoms with Gasteiger partial charge in [0.2, 0.25) is 15.9 Å². The third kappa shape index (κ3) is 3.65. The van der Waals surface area contributed by atoms with Gasteiger partial charge in [-0.05, 0) is 19.1 Å². The van der Waals surface area contributed by atoms with Crippen molar-refractivity contribution in [3.8, 4) is 0 Å². The second kappa shape index (κ2) is 5.92. The number of oxazole rings is 1. The number of nitro benzene ring substituents is 1. The van der Waals surface area contributed by atoms with Crippen LogP contribution >= 0.6 is 15.9 Å². The molecule has 1 aromatic heterocycles. The normalized spacial score (nSPS) is 11.5. The molecule has 0 saturated heterocycles. The molecule has 8 nitrogen and oxygen atoms in total. The monoisotopic (exact) mass is 375 g/mol. The fourth-order valence-electron chi connectivity index (χ4n) is 1.57. The third-order valence-corrected chi connectivity index (χ3v) is 4.41. The predicted molar refractivity (Wildman–Crippen MR) is 76.1 cm³/mol. The van der Waals surface area contributed by atoms with Crippen LogP contribution in [0, 0.1) is 17.0 Å². The quantitative estimate of drug-likeness (QED) is 0.631. The van der Waals surface area contributed by atoms with Crippen LogP contribution in [0.25, 0.3) is 0 Å². The van der Waals surface area contributed by atoms with Gasteiger partial charge >= 0.3 is 0 Å². The molecule has 1 aromatic carbocycles. The molecule has 0 aliphatic heterocycles. The van der Waals surface area contributed by atoms with Crippen LogP contribution in [0.4, 0.5) is 5.69 Å². The first-order valence-corrected chi connectivity index (χ1v) is 7.92. The number of rotatable bonds is 5. The van der Waals surface area contributed by atoms with E-state index in [4.69, 9.17) is 4.42 Å². The maximum Gasteiger partial charge on any atom is 0.289 e. The molecule has 0 unspecified atom stereocenters. The van der Waals surface area contributed by atoms with Crippen molar-refractivity contribution in [1.29, 1.82) is 0 Å². The molecule has 0 aliphatic carbocycles. The highest BCUT2D eigenvalue weighted by Crippen LogP contribution is 2.27. The van der Waals surface area contributed by atoms with Gasteiger partial charge in [0, 0.05) is 10.5 Å². The van der Waals surface area contributed by atoms with Gasteiger partial charge in [0.25, 0.3) is 5.69 Å². The summed E-state index contributed by atoms with van der Waals surface area (Å²) in [6, 6.07) is 3.68. The first kappa shape index (κ1) is 15.6. The fraction of sp³-hybridized carbons (Fsp3) is 0.182. The van der Waals surface area contributed by atoms with E-state index in [-0.39, 0.29) is 12.4 Å². The average Bonchev–Trinajstić information content (AvgIpc) is 2.82. The Morgan fingerprint density at radius 2 is 2.19 bits per heavy atom. The van der Waals surface area contributed by atoms with Gasteiger partial charge < -0.3 is 4.42 Å². The number of aromatic nitrogens is 1. The first-order valence-electron chi connectivity index (χ1n) is 5.64. The van der Waals surface area contributed by atoms with Crippen LogP contribution in [-0.2, 0) is 16.6 Å². The van der Waals surface area contributed by atoms with E-state index in [9.17, 15) is 18.5 Å². The summed E-state index contributed by atoms with van der Waals surface area (Å²) in [4.78, 5) is 13.6. The van der Waals surface area contributed by atoms with E-state index >= 15 is 0 Å². The number of nitrogens with zero attached hydrogens (tertiary/aromatic N) is 2. The summed E-state index contributed by atoms with van der Waals surface area (Å²) in [6.07, 6.45) is 1.45. The Hall–Kier alpha value is -1.78. The van der Waals surface area contributed by atoms with Gasteiger partial charge in [0.15, 0.2) is 4.90 Å². The minimum atomic E-state index is -4.07. The van der Waals surface area contributed by atoms with Crippen LogP contribution < -0.4 is 4.72 Å². The Labute approximate surface area is 128 Å². The number of sulfonamides is 1. The smallest absolute Gasteiger partial charge is 0.289 e. The maximum absolute atomic E-state index is 12.2. The zero-order valence-corrected chi connectivity index (χ0v) is 13.1. The zero-order valence-electron chi connectivity index (χ0n) is 10.7. The fourth-order valence-corrected chi connectivity index (χ4v) is 3.25. The van der Waals surface area contributed by atoms with Gasteiger partial charge in [0.1, 0.15) is 5.76 Å². The molecule has 0 bridgehead atoms. The Morgan fingerprint density at radius 3 is 2.76 bits per heavy atom. The van der Waals surface area contributed by atoms with E-state index in [2.05, 4.69) is 25.6 Å². The predicted octanol–water partition coefficient (Wildman–Crippen LogP) is 2.13. The van der Waals surface area contributed by atoms with Crippen LogP contribution in [0.2, 0.25) is 0 Å². The van der Waals surface area contributed by atoms with Crippen molar-refractivity contribution in [3.05, 3.63) is 50.6 Å². The second-order valence-corrected chi connectivity index (χ2v) is 6.71. The highest BCUT2D eigenvalue weighted by molar-refractivity contribution is 9.10. The van der Waals surface area contributed by atoms with Crippen LogP contribution in [0.1, 0.15) is 11.7 Å². The van der Waals surface area contributed by atoms with Crippen molar-refractivity contribution in [2.75, 3.05) is 0 Å². The number of hydrogen-bond acceptors (Lipinski definition) is 6. The molecule has 10 heteroatoms. The summed E-state index contributed by atoms with van der Waals surface area (Å²) >= 11 is 3.09.